The molecule has 0 unspecified atom stereocenters. The van der Waals surface area contributed by atoms with Crippen molar-refractivity contribution >= 4 is 22.8 Å². The summed E-state index contributed by atoms with van der Waals surface area (Å²) in [7, 11) is 0. The number of alkyl halides is 3. The number of imidazole rings is 1. The zero-order valence-corrected chi connectivity index (χ0v) is 12.9. The molecule has 0 aliphatic carbocycles. The highest BCUT2D eigenvalue weighted by molar-refractivity contribution is 6.14. The summed E-state index contributed by atoms with van der Waals surface area (Å²) in [5.41, 5.74) is -0.232. The van der Waals surface area contributed by atoms with Crippen molar-refractivity contribution in [2.75, 3.05) is 0 Å². The highest BCUT2D eigenvalue weighted by atomic mass is 19.4. The van der Waals surface area contributed by atoms with Crippen LogP contribution in [0.25, 0.3) is 11.0 Å². The van der Waals surface area contributed by atoms with Gasteiger partial charge in [0.2, 0.25) is 0 Å². The van der Waals surface area contributed by atoms with Gasteiger partial charge in [-0.1, -0.05) is 17.7 Å². The van der Waals surface area contributed by atoms with Crippen molar-refractivity contribution in [1.29, 1.82) is 0 Å². The minimum Gasteiger partial charge on any atom is -0.345 e. The van der Waals surface area contributed by atoms with Crippen LogP contribution in [0.1, 0.15) is 31.8 Å². The van der Waals surface area contributed by atoms with Crippen LogP contribution in [0.15, 0.2) is 42.7 Å². The van der Waals surface area contributed by atoms with E-state index in [-0.39, 0.29) is 5.56 Å². The molecule has 0 aliphatic rings. The number of nitrogens with one attached hydrogen (secondary N) is 2. The smallest absolute Gasteiger partial charge is 0.345 e. The van der Waals surface area contributed by atoms with E-state index >= 15 is 0 Å². The number of aromatic nitrogens is 2. The Labute approximate surface area is 139 Å². The maximum absolute atomic E-state index is 13.1. The van der Waals surface area contributed by atoms with Gasteiger partial charge in [0.1, 0.15) is 5.52 Å². The predicted molar refractivity (Wildman–Crippen MR) is 84.1 cm³/mol. The Morgan fingerprint density at radius 2 is 1.80 bits per heavy atom. The van der Waals surface area contributed by atoms with Gasteiger partial charge in [-0.3, -0.25) is 14.9 Å². The molecule has 25 heavy (non-hydrogen) atoms. The van der Waals surface area contributed by atoms with E-state index in [4.69, 9.17) is 0 Å². The Morgan fingerprint density at radius 3 is 2.52 bits per heavy atom. The summed E-state index contributed by atoms with van der Waals surface area (Å²) in [5, 5.41) is 2.00. The Bertz CT molecular complexity index is 977. The number of amides is 2. The number of aryl methyl sites for hydroxylation is 1. The first kappa shape index (κ1) is 16.7. The molecule has 128 valence electrons. The van der Waals surface area contributed by atoms with Gasteiger partial charge in [0.25, 0.3) is 11.8 Å². The molecule has 2 amide bonds. The highest BCUT2D eigenvalue weighted by Crippen LogP contribution is 2.32. The molecule has 0 spiro atoms. The second kappa shape index (κ2) is 6.04. The van der Waals surface area contributed by atoms with Crippen LogP contribution in [0.5, 0.6) is 0 Å². The van der Waals surface area contributed by atoms with E-state index in [1.54, 1.807) is 19.1 Å². The van der Waals surface area contributed by atoms with Crippen molar-refractivity contribution in [2.24, 2.45) is 0 Å². The number of para-hydroxylation sites is 1. The van der Waals surface area contributed by atoms with Crippen LogP contribution < -0.4 is 5.32 Å². The van der Waals surface area contributed by atoms with Crippen molar-refractivity contribution in [3.8, 4) is 0 Å². The summed E-state index contributed by atoms with van der Waals surface area (Å²) in [6.07, 6.45) is -3.32. The van der Waals surface area contributed by atoms with Gasteiger partial charge in [-0.05, 0) is 31.2 Å². The van der Waals surface area contributed by atoms with Crippen LogP contribution in [0.3, 0.4) is 0 Å². The molecule has 0 saturated carbocycles. The molecule has 0 saturated heterocycles. The first-order valence-electron chi connectivity index (χ1n) is 7.23. The van der Waals surface area contributed by atoms with Gasteiger partial charge in [-0.25, -0.2) is 4.98 Å². The summed E-state index contributed by atoms with van der Waals surface area (Å²) >= 11 is 0. The molecule has 8 heteroatoms. The second-order valence-corrected chi connectivity index (χ2v) is 5.43. The molecule has 5 nitrogen and oxygen atoms in total. The third kappa shape index (κ3) is 3.23. The lowest BCUT2D eigenvalue weighted by molar-refractivity contribution is -0.137. The lowest BCUT2D eigenvalue weighted by Crippen LogP contribution is -2.32. The Balaban J connectivity index is 1.94. The minimum absolute atomic E-state index is 0.0910. The van der Waals surface area contributed by atoms with E-state index in [2.05, 4.69) is 9.97 Å². The van der Waals surface area contributed by atoms with Crippen LogP contribution in [0.2, 0.25) is 0 Å². The molecule has 3 aromatic rings. The number of carbonyl (C=O) groups is 2. The van der Waals surface area contributed by atoms with Crippen molar-refractivity contribution in [3.63, 3.8) is 0 Å². The number of fused-ring (bicyclic) bond motifs is 1. The Morgan fingerprint density at radius 1 is 1.08 bits per heavy atom. The number of imide groups is 1. The maximum Gasteiger partial charge on any atom is 0.417 e. The van der Waals surface area contributed by atoms with Crippen LogP contribution in [-0.4, -0.2) is 21.8 Å². The monoisotopic (exact) mass is 347 g/mol. The van der Waals surface area contributed by atoms with Crippen molar-refractivity contribution in [2.45, 2.75) is 13.1 Å². The molecule has 0 radical (unpaired) electrons. The lowest BCUT2D eigenvalue weighted by Gasteiger charge is -2.13. The first-order chi connectivity index (χ1) is 11.8. The summed E-state index contributed by atoms with van der Waals surface area (Å²) < 4.78 is 39.3. The zero-order chi connectivity index (χ0) is 18.2. The van der Waals surface area contributed by atoms with E-state index in [9.17, 15) is 22.8 Å². The van der Waals surface area contributed by atoms with Crippen molar-refractivity contribution < 1.29 is 22.8 Å². The van der Waals surface area contributed by atoms with E-state index in [0.717, 1.165) is 12.1 Å². The molecule has 0 bridgehead atoms. The fraction of sp³-hybridized carbons (Fsp3) is 0.118. The summed E-state index contributed by atoms with van der Waals surface area (Å²) in [4.78, 5) is 31.4. The van der Waals surface area contributed by atoms with Gasteiger partial charge in [0.15, 0.2) is 0 Å². The number of hydrogen-bond acceptors (Lipinski definition) is 3. The Kier molecular flexibility index (Phi) is 4.03. The molecule has 0 fully saturated rings. The Hall–Kier alpha value is -3.16. The summed E-state index contributed by atoms with van der Waals surface area (Å²) in [6, 6.07) is 7.87. The molecule has 2 N–H and O–H groups in total. The lowest BCUT2D eigenvalue weighted by atomic mass is 10.0. The third-order valence-corrected chi connectivity index (χ3v) is 3.65. The van der Waals surface area contributed by atoms with Crippen LogP contribution >= 0.6 is 0 Å². The average molecular weight is 347 g/mol. The summed E-state index contributed by atoms with van der Waals surface area (Å²) in [6.45, 7) is 1.56. The SMILES string of the molecule is Cc1ccc(C(F)(F)F)c(C(=O)NC(=O)c2cccc3[nH]cnc23)c1. The number of carbonyl (C=O) groups excluding carboxylic acids is 2. The fourth-order valence-corrected chi connectivity index (χ4v) is 2.48. The minimum atomic E-state index is -4.70. The molecule has 1 aromatic heterocycles. The molecule has 0 aliphatic heterocycles. The largest absolute Gasteiger partial charge is 0.417 e. The topological polar surface area (TPSA) is 74.8 Å². The van der Waals surface area contributed by atoms with Crippen LogP contribution in [0.4, 0.5) is 13.2 Å². The highest BCUT2D eigenvalue weighted by Gasteiger charge is 2.35. The van der Waals surface area contributed by atoms with E-state index in [1.807, 2.05) is 5.32 Å². The van der Waals surface area contributed by atoms with Gasteiger partial charge in [0.05, 0.1) is 28.5 Å². The average Bonchev–Trinajstić information content (AvgIpc) is 3.01. The third-order valence-electron chi connectivity index (χ3n) is 3.65. The number of aromatic amines is 1. The van der Waals surface area contributed by atoms with Crippen molar-refractivity contribution in [3.05, 3.63) is 65.0 Å². The molecular weight excluding hydrogens is 335 g/mol. The fourth-order valence-electron chi connectivity index (χ4n) is 2.48. The second-order valence-electron chi connectivity index (χ2n) is 5.43. The van der Waals surface area contributed by atoms with E-state index in [0.29, 0.717) is 16.6 Å². The van der Waals surface area contributed by atoms with E-state index < -0.39 is 29.1 Å². The molecule has 1 heterocycles. The number of benzene rings is 2. The van der Waals surface area contributed by atoms with Crippen LogP contribution in [-0.2, 0) is 6.18 Å². The van der Waals surface area contributed by atoms with Gasteiger partial charge in [-0.15, -0.1) is 0 Å². The molecular formula is C17H12F3N3O2. The molecule has 3 rings (SSSR count). The van der Waals surface area contributed by atoms with Crippen molar-refractivity contribution in [1.82, 2.24) is 15.3 Å². The number of halogens is 3. The molecule has 0 atom stereocenters. The number of hydrogen-bond donors (Lipinski definition) is 2. The standard InChI is InChI=1S/C17H12F3N3O2/c1-9-5-6-12(17(18,19)20)11(7-9)16(25)23-15(24)10-3-2-4-13-14(10)22-8-21-13/h2-8H,1H3,(H,21,22)(H,23,24,25). The van der Waals surface area contributed by atoms with Crippen LogP contribution in [0, 0.1) is 6.92 Å². The maximum atomic E-state index is 13.1. The zero-order valence-electron chi connectivity index (χ0n) is 12.9. The van der Waals surface area contributed by atoms with Gasteiger partial charge in [0, 0.05) is 0 Å². The number of rotatable bonds is 2. The predicted octanol–water partition coefficient (Wildman–Crippen LogP) is 3.46. The number of H-pyrrole nitrogens is 1. The normalized spacial score (nSPS) is 11.5. The first-order valence-corrected chi connectivity index (χ1v) is 7.23. The summed E-state index contributed by atoms with van der Waals surface area (Å²) in [5.74, 6) is -1.94. The van der Waals surface area contributed by atoms with E-state index in [1.165, 1.54) is 18.5 Å². The van der Waals surface area contributed by atoms with Gasteiger partial charge >= 0.3 is 6.18 Å². The quantitative estimate of drug-likeness (QED) is 0.697. The van der Waals surface area contributed by atoms with Gasteiger partial charge in [-0.2, -0.15) is 13.2 Å². The number of nitrogens with zero attached hydrogens (tertiary/aromatic N) is 1. The molecule has 2 aromatic carbocycles. The van der Waals surface area contributed by atoms with Gasteiger partial charge < -0.3 is 4.98 Å².